The first kappa shape index (κ1) is 13.2. The van der Waals surface area contributed by atoms with E-state index in [0.29, 0.717) is 0 Å². The average molecular weight is 216 g/mol. The van der Waals surface area contributed by atoms with Crippen molar-refractivity contribution < 1.29 is 32.2 Å². The normalized spacial score (nSPS) is 11.4. The van der Waals surface area contributed by atoms with Crippen molar-refractivity contribution >= 4 is 5.97 Å². The maximum atomic E-state index is 12.1. The van der Waals surface area contributed by atoms with Gasteiger partial charge < -0.3 is 14.2 Å². The number of esters is 1. The quantitative estimate of drug-likeness (QED) is 0.465. The Bertz CT molecular complexity index is 174. The summed E-state index contributed by atoms with van der Waals surface area (Å²) in [5.41, 5.74) is 0. The molecule has 0 aliphatic heterocycles. The van der Waals surface area contributed by atoms with Crippen molar-refractivity contribution in [2.24, 2.45) is 0 Å². The van der Waals surface area contributed by atoms with Gasteiger partial charge in [0.25, 0.3) is 0 Å². The molecule has 0 aliphatic rings. The molecule has 0 bridgehead atoms. The molecular formula is C7H11F3O4. The van der Waals surface area contributed by atoms with Gasteiger partial charge in [0.2, 0.25) is 0 Å². The van der Waals surface area contributed by atoms with E-state index in [1.807, 2.05) is 0 Å². The highest BCUT2D eigenvalue weighted by molar-refractivity contribution is 5.70. The Kier molecular flexibility index (Phi) is 6.22. The van der Waals surface area contributed by atoms with Crippen LogP contribution in [0.5, 0.6) is 0 Å². The van der Waals surface area contributed by atoms with E-state index in [1.54, 1.807) is 0 Å². The second kappa shape index (κ2) is 6.61. The van der Waals surface area contributed by atoms with Gasteiger partial charge in [-0.2, -0.15) is 8.78 Å². The van der Waals surface area contributed by atoms with Crippen molar-refractivity contribution in [2.45, 2.75) is 6.11 Å². The van der Waals surface area contributed by atoms with Crippen LogP contribution in [-0.2, 0) is 19.0 Å². The number of hydrogen-bond acceptors (Lipinski definition) is 4. The molecule has 0 unspecified atom stereocenters. The maximum Gasteiger partial charge on any atom is 0.429 e. The summed E-state index contributed by atoms with van der Waals surface area (Å²) in [6.07, 6.45) is -4.07. The summed E-state index contributed by atoms with van der Waals surface area (Å²) < 4.78 is 48.2. The summed E-state index contributed by atoms with van der Waals surface area (Å²) in [6.45, 7) is -2.39. The smallest absolute Gasteiger partial charge is 0.397 e. The van der Waals surface area contributed by atoms with E-state index in [0.717, 1.165) is 0 Å². The monoisotopic (exact) mass is 216 g/mol. The minimum Gasteiger partial charge on any atom is -0.397 e. The van der Waals surface area contributed by atoms with Gasteiger partial charge in [0.05, 0.1) is 13.2 Å². The first-order chi connectivity index (χ1) is 6.52. The molecule has 0 fully saturated rings. The lowest BCUT2D eigenvalue weighted by Crippen LogP contribution is -2.29. The third-order valence-corrected chi connectivity index (χ3v) is 1.07. The number of methoxy groups -OCH3 is 1. The molecule has 0 aliphatic carbocycles. The SMILES string of the molecule is COCCOCC(=O)OC(F)(F)CF. The molecule has 0 saturated carbocycles. The zero-order valence-electron chi connectivity index (χ0n) is 7.60. The van der Waals surface area contributed by atoms with Gasteiger partial charge in [0.15, 0.2) is 6.67 Å². The summed E-state index contributed by atoms with van der Waals surface area (Å²) in [4.78, 5) is 10.5. The van der Waals surface area contributed by atoms with Crippen LogP contribution in [0.15, 0.2) is 0 Å². The predicted molar refractivity (Wildman–Crippen MR) is 39.7 cm³/mol. The van der Waals surface area contributed by atoms with Crippen LogP contribution >= 0.6 is 0 Å². The first-order valence-corrected chi connectivity index (χ1v) is 3.74. The Labute approximate surface area is 78.9 Å². The van der Waals surface area contributed by atoms with Crippen LogP contribution < -0.4 is 0 Å². The Morgan fingerprint density at radius 3 is 2.50 bits per heavy atom. The van der Waals surface area contributed by atoms with Crippen molar-refractivity contribution in [3.05, 3.63) is 0 Å². The summed E-state index contributed by atoms with van der Waals surface area (Å²) in [5.74, 6) is -1.32. The van der Waals surface area contributed by atoms with E-state index in [-0.39, 0.29) is 13.2 Å². The molecule has 14 heavy (non-hydrogen) atoms. The zero-order valence-corrected chi connectivity index (χ0v) is 7.60. The molecule has 0 aromatic heterocycles. The van der Waals surface area contributed by atoms with E-state index >= 15 is 0 Å². The van der Waals surface area contributed by atoms with Gasteiger partial charge in [-0.3, -0.25) is 0 Å². The molecule has 7 heteroatoms. The highest BCUT2D eigenvalue weighted by Crippen LogP contribution is 2.15. The summed E-state index contributed by atoms with van der Waals surface area (Å²) in [5, 5.41) is 0. The van der Waals surface area contributed by atoms with E-state index in [2.05, 4.69) is 14.2 Å². The molecule has 0 aromatic rings. The van der Waals surface area contributed by atoms with Crippen LogP contribution in [0.2, 0.25) is 0 Å². The second-order valence-corrected chi connectivity index (χ2v) is 2.29. The molecule has 84 valence electrons. The Hall–Kier alpha value is -0.820. The van der Waals surface area contributed by atoms with Crippen LogP contribution in [0.4, 0.5) is 13.2 Å². The van der Waals surface area contributed by atoms with Crippen molar-refractivity contribution in [3.63, 3.8) is 0 Å². The van der Waals surface area contributed by atoms with Crippen molar-refractivity contribution in [3.8, 4) is 0 Å². The predicted octanol–water partition coefficient (Wildman–Crippen LogP) is 0.755. The lowest BCUT2D eigenvalue weighted by Gasteiger charge is -2.12. The second-order valence-electron chi connectivity index (χ2n) is 2.29. The first-order valence-electron chi connectivity index (χ1n) is 3.74. The van der Waals surface area contributed by atoms with Crippen LogP contribution in [-0.4, -0.2) is 45.7 Å². The Morgan fingerprint density at radius 1 is 1.36 bits per heavy atom. The third kappa shape index (κ3) is 6.67. The fourth-order valence-corrected chi connectivity index (χ4v) is 0.521. The minimum atomic E-state index is -4.07. The van der Waals surface area contributed by atoms with Crippen LogP contribution in [0.3, 0.4) is 0 Å². The largest absolute Gasteiger partial charge is 0.429 e. The molecule has 0 spiro atoms. The number of carbonyl (C=O) groups excluding carboxylic acids is 1. The number of rotatable bonds is 7. The number of alkyl halides is 3. The van der Waals surface area contributed by atoms with Gasteiger partial charge in [-0.05, 0) is 0 Å². The van der Waals surface area contributed by atoms with Crippen molar-refractivity contribution in [2.75, 3.05) is 33.6 Å². The number of halogens is 3. The maximum absolute atomic E-state index is 12.1. The van der Waals surface area contributed by atoms with E-state index in [9.17, 15) is 18.0 Å². The third-order valence-electron chi connectivity index (χ3n) is 1.07. The van der Waals surface area contributed by atoms with E-state index in [1.165, 1.54) is 7.11 Å². The topological polar surface area (TPSA) is 44.8 Å². The molecule has 0 aromatic carbocycles. The fraction of sp³-hybridized carbons (Fsp3) is 0.857. The van der Waals surface area contributed by atoms with E-state index in [4.69, 9.17) is 0 Å². The number of hydrogen-bond donors (Lipinski definition) is 0. The molecule has 0 N–H and O–H groups in total. The highest BCUT2D eigenvalue weighted by atomic mass is 19.3. The zero-order chi connectivity index (χ0) is 11.0. The summed E-state index contributed by atoms with van der Waals surface area (Å²) in [7, 11) is 1.42. The van der Waals surface area contributed by atoms with Gasteiger partial charge in [-0.25, -0.2) is 9.18 Å². The average Bonchev–Trinajstić information content (AvgIpc) is 2.12. The summed E-state index contributed by atoms with van der Waals surface area (Å²) in [6, 6.07) is 0. The number of carbonyl (C=O) groups is 1. The van der Waals surface area contributed by atoms with Gasteiger partial charge in [-0.1, -0.05) is 0 Å². The highest BCUT2D eigenvalue weighted by Gasteiger charge is 2.33. The molecule has 0 rings (SSSR count). The lowest BCUT2D eigenvalue weighted by molar-refractivity contribution is -0.241. The molecule has 0 saturated heterocycles. The fourth-order valence-electron chi connectivity index (χ4n) is 0.521. The molecule has 0 atom stereocenters. The van der Waals surface area contributed by atoms with Gasteiger partial charge >= 0.3 is 12.1 Å². The molecule has 0 heterocycles. The van der Waals surface area contributed by atoms with Crippen molar-refractivity contribution in [1.82, 2.24) is 0 Å². The Balaban J connectivity index is 3.55. The van der Waals surface area contributed by atoms with Gasteiger partial charge in [-0.15, -0.1) is 0 Å². The molecule has 0 amide bonds. The molecule has 4 nitrogen and oxygen atoms in total. The Morgan fingerprint density at radius 2 is 2.00 bits per heavy atom. The standard InChI is InChI=1S/C7H11F3O4/c1-12-2-3-13-4-6(11)14-7(9,10)5-8/h2-5H2,1H3. The van der Waals surface area contributed by atoms with Gasteiger partial charge in [0.1, 0.15) is 6.61 Å². The number of ether oxygens (including phenoxy) is 3. The van der Waals surface area contributed by atoms with Crippen LogP contribution in [0.1, 0.15) is 0 Å². The van der Waals surface area contributed by atoms with E-state index < -0.39 is 25.4 Å². The molecule has 0 radical (unpaired) electrons. The van der Waals surface area contributed by atoms with Crippen LogP contribution in [0.25, 0.3) is 0 Å². The summed E-state index contributed by atoms with van der Waals surface area (Å²) >= 11 is 0. The van der Waals surface area contributed by atoms with Crippen molar-refractivity contribution in [1.29, 1.82) is 0 Å². The lowest BCUT2D eigenvalue weighted by atomic mass is 10.6. The van der Waals surface area contributed by atoms with Gasteiger partial charge in [0, 0.05) is 7.11 Å². The molecular weight excluding hydrogens is 205 g/mol. The minimum absolute atomic E-state index is 0.0762. The van der Waals surface area contributed by atoms with Crippen LogP contribution in [0, 0.1) is 0 Å².